The van der Waals surface area contributed by atoms with E-state index in [4.69, 9.17) is 9.39 Å². The van der Waals surface area contributed by atoms with E-state index in [0.717, 1.165) is 12.1 Å². The molecule has 1 N–H and O–H groups in total. The Bertz CT molecular complexity index is 852. The number of halogens is 2. The molecule has 0 amide bonds. The number of nitrogens with zero attached hydrogens (tertiary/aromatic N) is 1. The molecule has 0 saturated carbocycles. The molecule has 2 aromatic rings. The zero-order valence-corrected chi connectivity index (χ0v) is 15.5. The maximum Gasteiger partial charge on any atom is 0.313 e. The van der Waals surface area contributed by atoms with Gasteiger partial charge in [-0.15, -0.1) is 0 Å². The van der Waals surface area contributed by atoms with Crippen LogP contribution in [0.5, 0.6) is 11.5 Å². The summed E-state index contributed by atoms with van der Waals surface area (Å²) in [5, 5.41) is 21.2. The lowest BCUT2D eigenvalue weighted by Gasteiger charge is -2.37. The highest BCUT2D eigenvalue weighted by Gasteiger charge is 2.36. The summed E-state index contributed by atoms with van der Waals surface area (Å²) in [6.07, 6.45) is 0. The Kier molecular flexibility index (Phi) is 5.86. The maximum atomic E-state index is 13.9. The van der Waals surface area contributed by atoms with E-state index in [2.05, 4.69) is 0 Å². The van der Waals surface area contributed by atoms with Crippen LogP contribution in [-0.4, -0.2) is 28.7 Å². The van der Waals surface area contributed by atoms with E-state index >= 15 is 0 Å². The third-order valence-electron chi connectivity index (χ3n) is 4.43. The van der Waals surface area contributed by atoms with Gasteiger partial charge in [-0.2, -0.15) is 0 Å². The van der Waals surface area contributed by atoms with Gasteiger partial charge >= 0.3 is 7.48 Å². The normalized spacial score (nSPS) is 12.0. The quantitative estimate of drug-likeness (QED) is 0.454. The molecule has 144 valence electrons. The summed E-state index contributed by atoms with van der Waals surface area (Å²) in [5.74, 6) is -1.76. The average Bonchev–Trinajstić information content (AvgIpc) is 2.55. The molecule has 9 heteroatoms. The first-order valence-corrected chi connectivity index (χ1v) is 8.17. The van der Waals surface area contributed by atoms with Gasteiger partial charge < -0.3 is 14.5 Å². The van der Waals surface area contributed by atoms with Crippen LogP contribution in [0.3, 0.4) is 0 Å². The number of hydrogen-bond donors (Lipinski definition) is 1. The van der Waals surface area contributed by atoms with Crippen LogP contribution in [0, 0.1) is 21.7 Å². The zero-order chi connectivity index (χ0) is 20.4. The second-order valence-electron chi connectivity index (χ2n) is 7.08. The van der Waals surface area contributed by atoms with Crippen LogP contribution >= 0.6 is 0 Å². The molecule has 27 heavy (non-hydrogen) atoms. The topological polar surface area (TPSA) is 81.8 Å². The third kappa shape index (κ3) is 5.02. The molecular formula is C18H20BF2NO5. The van der Waals surface area contributed by atoms with Crippen LogP contribution in [0.1, 0.15) is 27.7 Å². The van der Waals surface area contributed by atoms with Gasteiger partial charge in [-0.1, -0.05) is 0 Å². The van der Waals surface area contributed by atoms with Crippen molar-refractivity contribution in [2.75, 3.05) is 0 Å². The Morgan fingerprint density at radius 1 is 1.07 bits per heavy atom. The minimum absolute atomic E-state index is 0.123. The first kappa shape index (κ1) is 20.8. The highest BCUT2D eigenvalue weighted by molar-refractivity contribution is 6.48. The van der Waals surface area contributed by atoms with Crippen LogP contribution < -0.4 is 10.2 Å². The molecule has 0 atom stereocenters. The molecule has 0 aliphatic carbocycles. The molecule has 6 nitrogen and oxygen atoms in total. The van der Waals surface area contributed by atoms with Crippen molar-refractivity contribution in [1.29, 1.82) is 0 Å². The van der Waals surface area contributed by atoms with Crippen LogP contribution in [0.2, 0.25) is 0 Å². The van der Waals surface area contributed by atoms with Crippen molar-refractivity contribution in [3.8, 4) is 11.5 Å². The van der Waals surface area contributed by atoms with Crippen molar-refractivity contribution in [3.05, 3.63) is 58.1 Å². The monoisotopic (exact) mass is 379 g/mol. The SMILES string of the molecule is CC(C)(O)C(C)(C)OBc1cc([N+](=O)[O-])ccc1Oc1ccc(F)cc1F. The van der Waals surface area contributed by atoms with E-state index < -0.39 is 27.8 Å². The van der Waals surface area contributed by atoms with E-state index in [9.17, 15) is 24.0 Å². The van der Waals surface area contributed by atoms with Crippen LogP contribution in [0.15, 0.2) is 36.4 Å². The molecule has 2 rings (SSSR count). The maximum absolute atomic E-state index is 13.9. The van der Waals surface area contributed by atoms with Gasteiger partial charge in [0.25, 0.3) is 5.69 Å². The number of aliphatic hydroxyl groups is 1. The molecule has 0 saturated heterocycles. The Morgan fingerprint density at radius 2 is 1.70 bits per heavy atom. The summed E-state index contributed by atoms with van der Waals surface area (Å²) in [6.45, 7) is 6.49. The standard InChI is InChI=1S/C18H20BF2NO5/c1-17(2,23)18(3,4)27-19-13-10-12(22(24)25)6-8-15(13)26-16-7-5-11(20)9-14(16)21/h5-10,19,23H,1-4H3. The number of rotatable bonds is 7. The Morgan fingerprint density at radius 3 is 2.26 bits per heavy atom. The van der Waals surface area contributed by atoms with Gasteiger partial charge in [-0.05, 0) is 51.4 Å². The Balaban J connectivity index is 2.35. The fraction of sp³-hybridized carbons (Fsp3) is 0.333. The predicted octanol–water partition coefficient (Wildman–Crippen LogP) is 3.21. The van der Waals surface area contributed by atoms with Crippen molar-refractivity contribution in [2.45, 2.75) is 38.9 Å². The van der Waals surface area contributed by atoms with Gasteiger partial charge in [0.2, 0.25) is 0 Å². The number of nitro benzene ring substituents is 1. The molecule has 0 bridgehead atoms. The molecule has 0 unspecified atom stereocenters. The van der Waals surface area contributed by atoms with Crippen molar-refractivity contribution in [1.82, 2.24) is 0 Å². The fourth-order valence-corrected chi connectivity index (χ4v) is 2.00. The van der Waals surface area contributed by atoms with Gasteiger partial charge in [0.1, 0.15) is 11.6 Å². The Labute approximate surface area is 156 Å². The molecule has 0 spiro atoms. The van der Waals surface area contributed by atoms with Crippen molar-refractivity contribution in [2.24, 2.45) is 0 Å². The van der Waals surface area contributed by atoms with Gasteiger partial charge in [-0.25, -0.2) is 8.78 Å². The zero-order valence-electron chi connectivity index (χ0n) is 15.5. The van der Waals surface area contributed by atoms with Gasteiger partial charge in [-0.3, -0.25) is 10.1 Å². The van der Waals surface area contributed by atoms with E-state index in [1.165, 1.54) is 18.2 Å². The molecule has 0 aliphatic heterocycles. The highest BCUT2D eigenvalue weighted by Crippen LogP contribution is 2.27. The number of benzene rings is 2. The lowest BCUT2D eigenvalue weighted by atomic mass is 9.82. The third-order valence-corrected chi connectivity index (χ3v) is 4.43. The summed E-state index contributed by atoms with van der Waals surface area (Å²) in [6, 6.07) is 6.61. The minimum Gasteiger partial charge on any atom is -0.455 e. The lowest BCUT2D eigenvalue weighted by Crippen LogP contribution is -2.49. The minimum atomic E-state index is -1.18. The molecule has 0 aromatic heterocycles. The van der Waals surface area contributed by atoms with E-state index in [0.29, 0.717) is 6.07 Å². The predicted molar refractivity (Wildman–Crippen MR) is 97.8 cm³/mol. The van der Waals surface area contributed by atoms with Crippen LogP contribution in [0.25, 0.3) is 0 Å². The number of nitro groups is 1. The largest absolute Gasteiger partial charge is 0.455 e. The summed E-state index contributed by atoms with van der Waals surface area (Å²) in [5.41, 5.74) is -2.07. The molecule has 0 radical (unpaired) electrons. The first-order chi connectivity index (χ1) is 12.4. The molecular weight excluding hydrogens is 359 g/mol. The smallest absolute Gasteiger partial charge is 0.313 e. The van der Waals surface area contributed by atoms with Crippen LogP contribution in [-0.2, 0) is 4.65 Å². The summed E-state index contributed by atoms with van der Waals surface area (Å²) >= 11 is 0. The van der Waals surface area contributed by atoms with Crippen molar-refractivity contribution < 1.29 is 28.2 Å². The second-order valence-corrected chi connectivity index (χ2v) is 7.08. The van der Waals surface area contributed by atoms with Crippen molar-refractivity contribution >= 4 is 18.6 Å². The number of ether oxygens (including phenoxy) is 1. The van der Waals surface area contributed by atoms with Gasteiger partial charge in [0.05, 0.1) is 16.1 Å². The van der Waals surface area contributed by atoms with E-state index in [1.54, 1.807) is 27.7 Å². The van der Waals surface area contributed by atoms with Crippen molar-refractivity contribution in [3.63, 3.8) is 0 Å². The summed E-state index contributed by atoms with van der Waals surface area (Å²) in [7, 11) is -0.128. The first-order valence-electron chi connectivity index (χ1n) is 8.17. The average molecular weight is 379 g/mol. The molecule has 0 fully saturated rings. The highest BCUT2D eigenvalue weighted by atomic mass is 19.1. The van der Waals surface area contributed by atoms with Crippen LogP contribution in [0.4, 0.5) is 14.5 Å². The molecule has 2 aromatic carbocycles. The Hall–Kier alpha value is -2.52. The van der Waals surface area contributed by atoms with Gasteiger partial charge in [0.15, 0.2) is 11.6 Å². The van der Waals surface area contributed by atoms with E-state index in [-0.39, 0.29) is 30.1 Å². The number of non-ortho nitro benzene ring substituents is 1. The molecule has 0 heterocycles. The van der Waals surface area contributed by atoms with Gasteiger partial charge in [0, 0.05) is 18.2 Å². The fourth-order valence-electron chi connectivity index (χ4n) is 2.00. The lowest BCUT2D eigenvalue weighted by molar-refractivity contribution is -0.384. The number of hydrogen-bond acceptors (Lipinski definition) is 5. The van der Waals surface area contributed by atoms with E-state index in [1.807, 2.05) is 0 Å². The second kappa shape index (κ2) is 7.62. The summed E-state index contributed by atoms with van der Waals surface area (Å²) < 4.78 is 38.1. The molecule has 0 aliphatic rings. The summed E-state index contributed by atoms with van der Waals surface area (Å²) in [4.78, 5) is 10.5.